The molecule has 1 heterocycles. The van der Waals surface area contributed by atoms with Crippen LogP contribution < -0.4 is 9.47 Å². The van der Waals surface area contributed by atoms with E-state index in [1.54, 1.807) is 19.9 Å². The van der Waals surface area contributed by atoms with Crippen molar-refractivity contribution in [3.8, 4) is 11.8 Å². The van der Waals surface area contributed by atoms with Crippen molar-refractivity contribution in [1.82, 2.24) is 9.97 Å². The molecule has 1 atom stereocenters. The Morgan fingerprint density at radius 1 is 1.37 bits per heavy atom. The molecule has 1 N–H and O–H groups in total. The van der Waals surface area contributed by atoms with Crippen LogP contribution in [0.5, 0.6) is 11.8 Å². The summed E-state index contributed by atoms with van der Waals surface area (Å²) in [5, 5.41) is 8.77. The van der Waals surface area contributed by atoms with Crippen LogP contribution in [-0.2, 0) is 4.79 Å². The van der Waals surface area contributed by atoms with Gasteiger partial charge in [0.25, 0.3) is 0 Å². The van der Waals surface area contributed by atoms with Gasteiger partial charge in [-0.3, -0.25) is 4.79 Å². The second-order valence-electron chi connectivity index (χ2n) is 3.60. The molecule has 104 valence electrons. The molecule has 7 heteroatoms. The zero-order valence-electron chi connectivity index (χ0n) is 11.2. The Hall–Kier alpha value is -1.76. The fourth-order valence-corrected chi connectivity index (χ4v) is 2.16. The second-order valence-corrected chi connectivity index (χ2v) is 4.68. The van der Waals surface area contributed by atoms with E-state index in [2.05, 4.69) is 9.97 Å². The quantitative estimate of drug-likeness (QED) is 0.486. The average molecular weight is 284 g/mol. The van der Waals surface area contributed by atoms with Crippen molar-refractivity contribution in [3.05, 3.63) is 17.7 Å². The van der Waals surface area contributed by atoms with Gasteiger partial charge in [-0.05, 0) is 13.8 Å². The number of aliphatic carboxylic acids is 1. The molecule has 0 saturated heterocycles. The minimum absolute atomic E-state index is 0.296. The maximum absolute atomic E-state index is 11.2. The number of carboxylic acid groups (broad SMARTS) is 1. The van der Waals surface area contributed by atoms with Crippen LogP contribution in [0.2, 0.25) is 0 Å². The summed E-state index contributed by atoms with van der Waals surface area (Å²) in [5.74, 6) is -0.278. The van der Waals surface area contributed by atoms with Crippen LogP contribution in [0.1, 0.15) is 13.8 Å². The van der Waals surface area contributed by atoms with E-state index in [1.165, 1.54) is 20.3 Å². The van der Waals surface area contributed by atoms with E-state index < -0.39 is 11.2 Å². The summed E-state index contributed by atoms with van der Waals surface area (Å²) in [4.78, 5) is 19.4. The number of hydrogen-bond acceptors (Lipinski definition) is 6. The number of hydrogen-bond donors (Lipinski definition) is 1. The predicted octanol–water partition coefficient (Wildman–Crippen LogP) is 2.01. The SMILES string of the molecule is CC=C(C)C(Sc1nc(OC)cc(OC)n1)C(=O)O. The van der Waals surface area contributed by atoms with Crippen LogP contribution in [-0.4, -0.2) is 40.5 Å². The Kier molecular flexibility index (Phi) is 5.62. The Balaban J connectivity index is 3.05. The monoisotopic (exact) mass is 284 g/mol. The summed E-state index contributed by atoms with van der Waals surface area (Å²) in [7, 11) is 2.95. The van der Waals surface area contributed by atoms with Gasteiger partial charge in [-0.15, -0.1) is 0 Å². The number of nitrogens with zero attached hydrogens (tertiary/aromatic N) is 2. The number of aromatic nitrogens is 2. The molecule has 0 aliphatic heterocycles. The molecule has 19 heavy (non-hydrogen) atoms. The highest BCUT2D eigenvalue weighted by molar-refractivity contribution is 8.00. The summed E-state index contributed by atoms with van der Waals surface area (Å²) in [6.07, 6.45) is 1.75. The van der Waals surface area contributed by atoms with Gasteiger partial charge in [0.15, 0.2) is 5.16 Å². The van der Waals surface area contributed by atoms with E-state index in [-0.39, 0.29) is 0 Å². The van der Waals surface area contributed by atoms with Crippen LogP contribution in [0.4, 0.5) is 0 Å². The van der Waals surface area contributed by atoms with Crippen LogP contribution in [0.3, 0.4) is 0 Å². The lowest BCUT2D eigenvalue weighted by atomic mass is 10.2. The third-order valence-electron chi connectivity index (χ3n) is 2.39. The normalized spacial score (nSPS) is 12.9. The zero-order valence-corrected chi connectivity index (χ0v) is 12.0. The van der Waals surface area contributed by atoms with Gasteiger partial charge in [-0.2, -0.15) is 9.97 Å². The van der Waals surface area contributed by atoms with Gasteiger partial charge < -0.3 is 14.6 Å². The minimum atomic E-state index is -0.939. The minimum Gasteiger partial charge on any atom is -0.481 e. The number of rotatable bonds is 6. The summed E-state index contributed by atoms with van der Waals surface area (Å²) in [6, 6.07) is 1.53. The third-order valence-corrected chi connectivity index (χ3v) is 3.60. The first-order valence-electron chi connectivity index (χ1n) is 5.51. The Morgan fingerprint density at radius 3 is 2.26 bits per heavy atom. The molecule has 6 nitrogen and oxygen atoms in total. The standard InChI is InChI=1S/C12H16N2O4S/c1-5-7(2)10(11(15)16)19-12-13-8(17-3)6-9(14-12)18-4/h5-6,10H,1-4H3,(H,15,16). The third kappa shape index (κ3) is 4.13. The van der Waals surface area contributed by atoms with E-state index in [0.717, 1.165) is 17.3 Å². The van der Waals surface area contributed by atoms with Crippen molar-refractivity contribution in [2.75, 3.05) is 14.2 Å². The zero-order chi connectivity index (χ0) is 14.4. The van der Waals surface area contributed by atoms with Gasteiger partial charge in [0.2, 0.25) is 11.8 Å². The fraction of sp³-hybridized carbons (Fsp3) is 0.417. The smallest absolute Gasteiger partial charge is 0.321 e. The number of carbonyl (C=O) groups is 1. The summed E-state index contributed by atoms with van der Waals surface area (Å²) in [6.45, 7) is 3.54. The number of carboxylic acids is 1. The van der Waals surface area contributed by atoms with Crippen molar-refractivity contribution in [1.29, 1.82) is 0 Å². The van der Waals surface area contributed by atoms with Gasteiger partial charge in [0.1, 0.15) is 5.25 Å². The van der Waals surface area contributed by atoms with Gasteiger partial charge >= 0.3 is 5.97 Å². The summed E-state index contributed by atoms with van der Waals surface area (Å²) < 4.78 is 10.0. The van der Waals surface area contributed by atoms with Gasteiger partial charge in [-0.1, -0.05) is 23.4 Å². The topological polar surface area (TPSA) is 81.5 Å². The molecule has 0 saturated carbocycles. The highest BCUT2D eigenvalue weighted by Crippen LogP contribution is 2.28. The molecular weight excluding hydrogens is 268 g/mol. The number of methoxy groups -OCH3 is 2. The molecule has 1 aromatic heterocycles. The van der Waals surface area contributed by atoms with Crippen molar-refractivity contribution in [3.63, 3.8) is 0 Å². The Labute approximate surface area is 115 Å². The molecule has 0 fully saturated rings. The molecule has 0 spiro atoms. The first-order chi connectivity index (χ1) is 9.01. The van der Waals surface area contributed by atoms with E-state index >= 15 is 0 Å². The molecular formula is C12H16N2O4S. The van der Waals surface area contributed by atoms with Gasteiger partial charge in [0, 0.05) is 0 Å². The number of allylic oxidation sites excluding steroid dienone is 1. The molecule has 0 aromatic carbocycles. The fourth-order valence-electron chi connectivity index (χ4n) is 1.24. The lowest BCUT2D eigenvalue weighted by Gasteiger charge is -2.12. The van der Waals surface area contributed by atoms with Crippen LogP contribution in [0.25, 0.3) is 0 Å². The number of thioether (sulfide) groups is 1. The van der Waals surface area contributed by atoms with E-state index in [9.17, 15) is 9.90 Å². The Bertz CT molecular complexity index is 468. The number of ether oxygens (including phenoxy) is 2. The lowest BCUT2D eigenvalue weighted by Crippen LogP contribution is -2.18. The molecule has 1 rings (SSSR count). The van der Waals surface area contributed by atoms with Crippen molar-refractivity contribution in [2.24, 2.45) is 0 Å². The molecule has 1 unspecified atom stereocenters. The molecule has 0 amide bonds. The van der Waals surface area contributed by atoms with E-state index in [0.29, 0.717) is 16.9 Å². The van der Waals surface area contributed by atoms with Crippen molar-refractivity contribution in [2.45, 2.75) is 24.3 Å². The average Bonchev–Trinajstić information content (AvgIpc) is 2.43. The molecule has 1 aromatic rings. The van der Waals surface area contributed by atoms with Crippen LogP contribution in [0.15, 0.2) is 22.9 Å². The van der Waals surface area contributed by atoms with E-state index in [1.807, 2.05) is 0 Å². The molecule has 0 bridgehead atoms. The summed E-state index contributed by atoms with van der Waals surface area (Å²) >= 11 is 1.04. The molecule has 0 aliphatic carbocycles. The molecule has 0 radical (unpaired) electrons. The van der Waals surface area contributed by atoms with Crippen molar-refractivity contribution >= 4 is 17.7 Å². The first kappa shape index (κ1) is 15.3. The van der Waals surface area contributed by atoms with Gasteiger partial charge in [0.05, 0.1) is 20.3 Å². The van der Waals surface area contributed by atoms with Crippen LogP contribution >= 0.6 is 11.8 Å². The van der Waals surface area contributed by atoms with Gasteiger partial charge in [-0.25, -0.2) is 0 Å². The van der Waals surface area contributed by atoms with Crippen molar-refractivity contribution < 1.29 is 19.4 Å². The maximum atomic E-state index is 11.2. The van der Waals surface area contributed by atoms with E-state index in [4.69, 9.17) is 9.47 Å². The summed E-state index contributed by atoms with van der Waals surface area (Å²) in [5.41, 5.74) is 0.725. The van der Waals surface area contributed by atoms with Crippen LogP contribution in [0, 0.1) is 0 Å². The highest BCUT2D eigenvalue weighted by atomic mass is 32.2. The predicted molar refractivity (Wildman–Crippen MR) is 71.8 cm³/mol. The first-order valence-corrected chi connectivity index (χ1v) is 6.39. The second kappa shape index (κ2) is 6.98. The molecule has 0 aliphatic rings. The highest BCUT2D eigenvalue weighted by Gasteiger charge is 2.22. The lowest BCUT2D eigenvalue weighted by molar-refractivity contribution is -0.135. The Morgan fingerprint density at radius 2 is 1.89 bits per heavy atom. The maximum Gasteiger partial charge on any atom is 0.321 e. The largest absolute Gasteiger partial charge is 0.481 e.